The fourth-order valence-corrected chi connectivity index (χ4v) is 3.19. The molecule has 1 aliphatic heterocycles. The predicted molar refractivity (Wildman–Crippen MR) is 99.2 cm³/mol. The Bertz CT molecular complexity index is 865. The molecule has 1 aliphatic rings. The van der Waals surface area contributed by atoms with Crippen molar-refractivity contribution in [2.75, 3.05) is 18.4 Å². The smallest absolute Gasteiger partial charge is 0.339 e. The van der Waals surface area contributed by atoms with Gasteiger partial charge < -0.3 is 19.7 Å². The predicted octanol–water partition coefficient (Wildman–Crippen LogP) is 3.42. The van der Waals surface area contributed by atoms with Crippen molar-refractivity contribution in [3.63, 3.8) is 0 Å². The lowest BCUT2D eigenvalue weighted by Crippen LogP contribution is -2.35. The van der Waals surface area contributed by atoms with Gasteiger partial charge in [0, 0.05) is 36.8 Å². The van der Waals surface area contributed by atoms with Crippen molar-refractivity contribution < 1.29 is 23.9 Å². The molecule has 0 saturated carbocycles. The summed E-state index contributed by atoms with van der Waals surface area (Å²) in [5.41, 5.74) is 0.945. The minimum Gasteiger partial charge on any atom is -0.478 e. The first-order chi connectivity index (χ1) is 13.0. The Hall–Kier alpha value is -3.09. The molecule has 0 unspecified atom stereocenters. The number of benzene rings is 1. The van der Waals surface area contributed by atoms with Crippen molar-refractivity contribution in [2.45, 2.75) is 32.6 Å². The van der Waals surface area contributed by atoms with Gasteiger partial charge in [-0.1, -0.05) is 13.0 Å². The molecule has 1 fully saturated rings. The van der Waals surface area contributed by atoms with E-state index in [1.165, 1.54) is 6.07 Å². The molecule has 7 heteroatoms. The molecule has 0 atom stereocenters. The number of hydrogen-bond acceptors (Lipinski definition) is 4. The van der Waals surface area contributed by atoms with Crippen LogP contribution in [0.1, 0.15) is 63.2 Å². The van der Waals surface area contributed by atoms with Gasteiger partial charge in [-0.2, -0.15) is 0 Å². The monoisotopic (exact) mass is 370 g/mol. The highest BCUT2D eigenvalue weighted by Gasteiger charge is 2.21. The Morgan fingerprint density at radius 1 is 1.15 bits per heavy atom. The summed E-state index contributed by atoms with van der Waals surface area (Å²) < 4.78 is 5.36. The van der Waals surface area contributed by atoms with Crippen molar-refractivity contribution in [3.8, 4) is 0 Å². The summed E-state index contributed by atoms with van der Waals surface area (Å²) in [6.45, 7) is 3.25. The van der Waals surface area contributed by atoms with E-state index in [1.54, 1.807) is 31.2 Å². The molecular formula is C20H22N2O5. The average Bonchev–Trinajstić information content (AvgIpc) is 3.13. The van der Waals surface area contributed by atoms with Crippen molar-refractivity contribution in [3.05, 3.63) is 53.0 Å². The van der Waals surface area contributed by atoms with Gasteiger partial charge in [0.15, 0.2) is 5.76 Å². The number of likely N-dealkylation sites (tertiary alicyclic amines) is 1. The summed E-state index contributed by atoms with van der Waals surface area (Å²) in [6, 6.07) is 7.94. The van der Waals surface area contributed by atoms with Crippen LogP contribution in [0.5, 0.6) is 0 Å². The van der Waals surface area contributed by atoms with Crippen LogP contribution in [-0.4, -0.2) is 40.9 Å². The zero-order chi connectivity index (χ0) is 19.4. The Kier molecular flexibility index (Phi) is 5.59. The molecule has 2 heterocycles. The van der Waals surface area contributed by atoms with Crippen LogP contribution in [0, 0.1) is 0 Å². The number of carbonyl (C=O) groups excluding carboxylic acids is 2. The molecule has 1 saturated heterocycles. The fraction of sp³-hybridized carbons (Fsp3) is 0.350. The molecule has 1 aromatic heterocycles. The topological polar surface area (TPSA) is 99.9 Å². The first kappa shape index (κ1) is 18.7. The van der Waals surface area contributed by atoms with Gasteiger partial charge in [-0.15, -0.1) is 0 Å². The van der Waals surface area contributed by atoms with E-state index in [2.05, 4.69) is 5.32 Å². The van der Waals surface area contributed by atoms with Gasteiger partial charge in [-0.05, 0) is 37.5 Å². The van der Waals surface area contributed by atoms with Crippen LogP contribution in [0.2, 0.25) is 0 Å². The molecule has 0 aliphatic carbocycles. The molecule has 0 bridgehead atoms. The number of carboxylic acid groups (broad SMARTS) is 1. The van der Waals surface area contributed by atoms with Gasteiger partial charge in [-0.25, -0.2) is 4.79 Å². The number of carbonyl (C=O) groups is 3. The van der Waals surface area contributed by atoms with Crippen molar-refractivity contribution in [1.82, 2.24) is 4.90 Å². The molecular weight excluding hydrogens is 348 g/mol. The second kappa shape index (κ2) is 8.07. The number of carboxylic acids is 1. The third kappa shape index (κ3) is 4.19. The zero-order valence-corrected chi connectivity index (χ0v) is 15.2. The normalized spacial score (nSPS) is 14.0. The van der Waals surface area contributed by atoms with Gasteiger partial charge in [0.1, 0.15) is 11.3 Å². The van der Waals surface area contributed by atoms with Crippen LogP contribution in [0.3, 0.4) is 0 Å². The number of rotatable bonds is 5. The number of amides is 2. The molecule has 142 valence electrons. The molecule has 2 N–H and O–H groups in total. The van der Waals surface area contributed by atoms with Crippen LogP contribution in [-0.2, 0) is 6.42 Å². The van der Waals surface area contributed by atoms with E-state index in [9.17, 15) is 14.4 Å². The summed E-state index contributed by atoms with van der Waals surface area (Å²) in [6.07, 6.45) is 3.52. The second-order valence-corrected chi connectivity index (χ2v) is 6.49. The van der Waals surface area contributed by atoms with Gasteiger partial charge in [0.25, 0.3) is 11.8 Å². The van der Waals surface area contributed by atoms with E-state index >= 15 is 0 Å². The lowest BCUT2D eigenvalue weighted by Gasteiger charge is -2.26. The van der Waals surface area contributed by atoms with Gasteiger partial charge in [0.05, 0.1) is 0 Å². The third-order valence-electron chi connectivity index (χ3n) is 4.59. The first-order valence-electron chi connectivity index (χ1n) is 9.06. The number of nitrogens with zero attached hydrogens (tertiary/aromatic N) is 1. The number of anilines is 1. The van der Waals surface area contributed by atoms with Crippen molar-refractivity contribution in [2.24, 2.45) is 0 Å². The molecule has 0 spiro atoms. The average molecular weight is 370 g/mol. The molecule has 1 aromatic carbocycles. The van der Waals surface area contributed by atoms with Crippen LogP contribution < -0.4 is 5.32 Å². The molecule has 27 heavy (non-hydrogen) atoms. The highest BCUT2D eigenvalue weighted by molar-refractivity contribution is 6.05. The molecule has 0 radical (unpaired) electrons. The lowest BCUT2D eigenvalue weighted by atomic mass is 10.1. The number of piperidine rings is 1. The number of aryl methyl sites for hydroxylation is 1. The first-order valence-corrected chi connectivity index (χ1v) is 9.06. The summed E-state index contributed by atoms with van der Waals surface area (Å²) in [5, 5.41) is 11.8. The molecule has 3 rings (SSSR count). The summed E-state index contributed by atoms with van der Waals surface area (Å²) in [7, 11) is 0. The fourth-order valence-electron chi connectivity index (χ4n) is 3.19. The van der Waals surface area contributed by atoms with Crippen molar-refractivity contribution in [1.29, 1.82) is 0 Å². The Balaban J connectivity index is 1.75. The standard InChI is InChI=1S/C20H22N2O5/c1-2-16-15(20(25)26)12-17(27-16)18(23)21-14-8-6-7-13(11-14)19(24)22-9-4-3-5-10-22/h6-8,11-12H,2-5,9-10H2,1H3,(H,21,23)(H,25,26). The largest absolute Gasteiger partial charge is 0.478 e. The number of hydrogen-bond donors (Lipinski definition) is 2. The number of nitrogens with one attached hydrogen (secondary N) is 1. The minimum atomic E-state index is -1.14. The second-order valence-electron chi connectivity index (χ2n) is 6.49. The summed E-state index contributed by atoms with van der Waals surface area (Å²) in [4.78, 5) is 38.0. The van der Waals surface area contributed by atoms with Gasteiger partial charge >= 0.3 is 5.97 Å². The quantitative estimate of drug-likeness (QED) is 0.840. The minimum absolute atomic E-state index is 0.0170. The molecule has 2 aromatic rings. The zero-order valence-electron chi connectivity index (χ0n) is 15.2. The van der Waals surface area contributed by atoms with Crippen LogP contribution >= 0.6 is 0 Å². The molecule has 7 nitrogen and oxygen atoms in total. The maximum absolute atomic E-state index is 12.6. The maximum atomic E-state index is 12.6. The summed E-state index contributed by atoms with van der Waals surface area (Å²) in [5.74, 6) is -1.56. The Morgan fingerprint density at radius 2 is 1.89 bits per heavy atom. The third-order valence-corrected chi connectivity index (χ3v) is 4.59. The van der Waals surface area contributed by atoms with Crippen LogP contribution in [0.15, 0.2) is 34.7 Å². The Morgan fingerprint density at radius 3 is 2.52 bits per heavy atom. The van der Waals surface area contributed by atoms with Crippen LogP contribution in [0.25, 0.3) is 0 Å². The molecule has 2 amide bonds. The highest BCUT2D eigenvalue weighted by atomic mass is 16.4. The van der Waals surface area contributed by atoms with E-state index < -0.39 is 11.9 Å². The van der Waals surface area contributed by atoms with E-state index in [4.69, 9.17) is 9.52 Å². The number of furan rings is 1. The van der Waals surface area contributed by atoms with Gasteiger partial charge in [-0.3, -0.25) is 9.59 Å². The van der Waals surface area contributed by atoms with E-state index in [0.717, 1.165) is 32.4 Å². The van der Waals surface area contributed by atoms with Crippen molar-refractivity contribution >= 4 is 23.5 Å². The summed E-state index contributed by atoms with van der Waals surface area (Å²) >= 11 is 0. The lowest BCUT2D eigenvalue weighted by molar-refractivity contribution is 0.0692. The Labute approximate surface area is 157 Å². The van der Waals surface area contributed by atoms with Gasteiger partial charge in [0.2, 0.25) is 0 Å². The SMILES string of the molecule is CCc1oc(C(=O)Nc2cccc(C(=O)N3CCCCC3)c2)cc1C(=O)O. The van der Waals surface area contributed by atoms with E-state index in [-0.39, 0.29) is 23.0 Å². The number of aromatic carboxylic acids is 1. The maximum Gasteiger partial charge on any atom is 0.339 e. The van der Waals surface area contributed by atoms with E-state index in [0.29, 0.717) is 17.7 Å². The highest BCUT2D eigenvalue weighted by Crippen LogP contribution is 2.20. The van der Waals surface area contributed by atoms with E-state index in [1.807, 2.05) is 4.90 Å². The van der Waals surface area contributed by atoms with Crippen LogP contribution in [0.4, 0.5) is 5.69 Å².